The molecule has 2 amide bonds. The van der Waals surface area contributed by atoms with Crippen molar-refractivity contribution in [3.63, 3.8) is 0 Å². The summed E-state index contributed by atoms with van der Waals surface area (Å²) in [5.41, 5.74) is 3.39. The summed E-state index contributed by atoms with van der Waals surface area (Å²) in [5.74, 6) is 0.668. The van der Waals surface area contributed by atoms with E-state index < -0.39 is 6.10 Å². The van der Waals surface area contributed by atoms with Gasteiger partial charge in [-0.2, -0.15) is 0 Å². The molecule has 2 atom stereocenters. The lowest BCUT2D eigenvalue weighted by Crippen LogP contribution is -2.30. The number of nitrogens with one attached hydrogen (secondary N) is 2. The Morgan fingerprint density at radius 1 is 0.750 bits per heavy atom. The molecule has 2 unspecified atom stereocenters. The van der Waals surface area contributed by atoms with Crippen molar-refractivity contribution in [2.75, 3.05) is 5.32 Å². The first-order valence-corrected chi connectivity index (χ1v) is 10.9. The van der Waals surface area contributed by atoms with E-state index in [0.29, 0.717) is 22.9 Å². The summed E-state index contributed by atoms with van der Waals surface area (Å²) >= 11 is 0. The minimum atomic E-state index is -0.658. The number of hydrogen-bond donors (Lipinski definition) is 2. The van der Waals surface area contributed by atoms with Crippen molar-refractivity contribution in [1.82, 2.24) is 5.32 Å². The second-order valence-corrected chi connectivity index (χ2v) is 8.16. The molecule has 3 aromatic rings. The average Bonchev–Trinajstić information content (AvgIpc) is 2.80. The monoisotopic (exact) mass is 430 g/mol. The van der Waals surface area contributed by atoms with Crippen molar-refractivity contribution >= 4 is 17.5 Å². The summed E-state index contributed by atoms with van der Waals surface area (Å²) in [5, 5.41) is 5.81. The maximum absolute atomic E-state index is 12.5. The standard InChI is InChI=1S/C27H30N2O3/c1-18(2)21-12-16-25(17-13-21)32-20(4)26(30)29-24-14-10-23(11-15-24)27(31)28-19(3)22-8-6-5-7-9-22/h5-20H,1-4H3,(H,28,31)(H,29,30). The highest BCUT2D eigenvalue weighted by atomic mass is 16.5. The van der Waals surface area contributed by atoms with Crippen molar-refractivity contribution in [2.24, 2.45) is 0 Å². The van der Waals surface area contributed by atoms with Crippen LogP contribution in [0.25, 0.3) is 0 Å². The lowest BCUT2D eigenvalue weighted by molar-refractivity contribution is -0.122. The molecule has 0 aliphatic carbocycles. The molecule has 0 fully saturated rings. The third kappa shape index (κ3) is 6.20. The zero-order chi connectivity index (χ0) is 23.1. The summed E-state index contributed by atoms with van der Waals surface area (Å²) in [6.45, 7) is 7.91. The minimum absolute atomic E-state index is 0.101. The summed E-state index contributed by atoms with van der Waals surface area (Å²) in [6.07, 6.45) is -0.658. The lowest BCUT2D eigenvalue weighted by atomic mass is 10.0. The van der Waals surface area contributed by atoms with Crippen LogP contribution in [-0.4, -0.2) is 17.9 Å². The highest BCUT2D eigenvalue weighted by molar-refractivity contribution is 5.97. The summed E-state index contributed by atoms with van der Waals surface area (Å²) in [7, 11) is 0. The van der Waals surface area contributed by atoms with Crippen LogP contribution in [0, 0.1) is 0 Å². The molecular weight excluding hydrogens is 400 g/mol. The third-order valence-corrected chi connectivity index (χ3v) is 5.29. The van der Waals surface area contributed by atoms with Gasteiger partial charge in [0.05, 0.1) is 6.04 Å². The van der Waals surface area contributed by atoms with E-state index >= 15 is 0 Å². The van der Waals surface area contributed by atoms with Crippen LogP contribution in [0.2, 0.25) is 0 Å². The van der Waals surface area contributed by atoms with E-state index in [4.69, 9.17) is 4.74 Å². The zero-order valence-corrected chi connectivity index (χ0v) is 19.0. The van der Waals surface area contributed by atoms with Gasteiger partial charge in [-0.05, 0) is 67.3 Å². The number of ether oxygens (including phenoxy) is 1. The van der Waals surface area contributed by atoms with E-state index in [-0.39, 0.29) is 17.9 Å². The Kier molecular flexibility index (Phi) is 7.66. The Hall–Kier alpha value is -3.60. The normalized spacial score (nSPS) is 12.7. The summed E-state index contributed by atoms with van der Waals surface area (Å²) in [4.78, 5) is 25.0. The summed E-state index contributed by atoms with van der Waals surface area (Å²) < 4.78 is 5.75. The minimum Gasteiger partial charge on any atom is -0.481 e. The molecule has 0 bridgehead atoms. The second kappa shape index (κ2) is 10.6. The van der Waals surface area contributed by atoms with Crippen molar-refractivity contribution in [1.29, 1.82) is 0 Å². The van der Waals surface area contributed by atoms with Gasteiger partial charge in [0.2, 0.25) is 0 Å². The van der Waals surface area contributed by atoms with Crippen LogP contribution in [0.3, 0.4) is 0 Å². The van der Waals surface area contributed by atoms with Crippen LogP contribution in [0.1, 0.15) is 61.1 Å². The van der Waals surface area contributed by atoms with Crippen LogP contribution in [0.15, 0.2) is 78.9 Å². The van der Waals surface area contributed by atoms with E-state index in [0.717, 1.165) is 5.56 Å². The van der Waals surface area contributed by atoms with Crippen LogP contribution in [-0.2, 0) is 4.79 Å². The molecule has 5 heteroatoms. The van der Waals surface area contributed by atoms with Gasteiger partial charge in [-0.3, -0.25) is 9.59 Å². The predicted molar refractivity (Wildman–Crippen MR) is 128 cm³/mol. The Bertz CT molecular complexity index is 1030. The molecule has 0 aromatic heterocycles. The number of rotatable bonds is 8. The first-order chi connectivity index (χ1) is 15.3. The van der Waals surface area contributed by atoms with Crippen molar-refractivity contribution < 1.29 is 14.3 Å². The highest BCUT2D eigenvalue weighted by Gasteiger charge is 2.16. The van der Waals surface area contributed by atoms with Gasteiger partial charge in [-0.15, -0.1) is 0 Å². The molecule has 5 nitrogen and oxygen atoms in total. The maximum Gasteiger partial charge on any atom is 0.265 e. The molecule has 0 aliphatic rings. The molecule has 0 saturated heterocycles. The van der Waals surface area contributed by atoms with Crippen molar-refractivity contribution in [2.45, 2.75) is 45.8 Å². The third-order valence-electron chi connectivity index (χ3n) is 5.29. The fraction of sp³-hybridized carbons (Fsp3) is 0.259. The van der Waals surface area contributed by atoms with Gasteiger partial charge in [-0.25, -0.2) is 0 Å². The van der Waals surface area contributed by atoms with Gasteiger partial charge < -0.3 is 15.4 Å². The fourth-order valence-corrected chi connectivity index (χ4v) is 3.24. The number of anilines is 1. The fourth-order valence-electron chi connectivity index (χ4n) is 3.24. The first-order valence-electron chi connectivity index (χ1n) is 10.9. The van der Waals surface area contributed by atoms with E-state index in [1.807, 2.05) is 61.5 Å². The van der Waals surface area contributed by atoms with E-state index in [9.17, 15) is 9.59 Å². The Balaban J connectivity index is 1.54. The van der Waals surface area contributed by atoms with E-state index in [2.05, 4.69) is 24.5 Å². The Labute approximate surface area is 189 Å². The molecule has 166 valence electrons. The highest BCUT2D eigenvalue weighted by Crippen LogP contribution is 2.20. The van der Waals surface area contributed by atoms with E-state index in [1.165, 1.54) is 5.56 Å². The molecule has 3 aromatic carbocycles. The van der Waals surface area contributed by atoms with Gasteiger partial charge in [0, 0.05) is 11.3 Å². The molecule has 3 rings (SSSR count). The topological polar surface area (TPSA) is 67.4 Å². The molecular formula is C27H30N2O3. The van der Waals surface area contributed by atoms with Crippen molar-refractivity contribution in [3.05, 3.63) is 95.6 Å². The Morgan fingerprint density at radius 2 is 1.38 bits per heavy atom. The second-order valence-electron chi connectivity index (χ2n) is 8.16. The molecule has 2 N–H and O–H groups in total. The van der Waals surface area contributed by atoms with E-state index in [1.54, 1.807) is 31.2 Å². The van der Waals surface area contributed by atoms with Crippen LogP contribution < -0.4 is 15.4 Å². The predicted octanol–water partition coefficient (Wildman–Crippen LogP) is 5.71. The lowest BCUT2D eigenvalue weighted by Gasteiger charge is -2.16. The maximum atomic E-state index is 12.5. The Morgan fingerprint density at radius 3 is 1.97 bits per heavy atom. The van der Waals surface area contributed by atoms with Gasteiger partial charge in [-0.1, -0.05) is 56.3 Å². The van der Waals surface area contributed by atoms with Crippen LogP contribution >= 0.6 is 0 Å². The quantitative estimate of drug-likeness (QED) is 0.481. The molecule has 0 heterocycles. The number of hydrogen-bond acceptors (Lipinski definition) is 3. The van der Waals surface area contributed by atoms with Gasteiger partial charge in [0.15, 0.2) is 6.10 Å². The number of carbonyl (C=O) groups is 2. The van der Waals surface area contributed by atoms with Crippen LogP contribution in [0.5, 0.6) is 5.75 Å². The molecule has 0 saturated carbocycles. The molecule has 0 spiro atoms. The van der Waals surface area contributed by atoms with Crippen LogP contribution in [0.4, 0.5) is 5.69 Å². The van der Waals surface area contributed by atoms with Crippen molar-refractivity contribution in [3.8, 4) is 5.75 Å². The largest absolute Gasteiger partial charge is 0.481 e. The SMILES string of the molecule is CC(Oc1ccc(C(C)C)cc1)C(=O)Nc1ccc(C(=O)NC(C)c2ccccc2)cc1. The van der Waals surface area contributed by atoms with Gasteiger partial charge >= 0.3 is 0 Å². The molecule has 0 aliphatic heterocycles. The number of amides is 2. The number of carbonyl (C=O) groups excluding carboxylic acids is 2. The molecule has 32 heavy (non-hydrogen) atoms. The molecule has 0 radical (unpaired) electrons. The average molecular weight is 431 g/mol. The number of benzene rings is 3. The van der Waals surface area contributed by atoms with Gasteiger partial charge in [0.25, 0.3) is 11.8 Å². The summed E-state index contributed by atoms with van der Waals surface area (Å²) in [6, 6.07) is 24.3. The first kappa shape index (κ1) is 23.1. The van der Waals surface area contributed by atoms with Gasteiger partial charge in [0.1, 0.15) is 5.75 Å². The zero-order valence-electron chi connectivity index (χ0n) is 19.0. The smallest absolute Gasteiger partial charge is 0.265 e.